The van der Waals surface area contributed by atoms with Gasteiger partial charge >= 0.3 is 6.03 Å². The number of aldehydes is 1. The molecule has 0 aliphatic carbocycles. The van der Waals surface area contributed by atoms with Gasteiger partial charge in [0.25, 0.3) is 0 Å². The zero-order valence-corrected chi connectivity index (χ0v) is 8.22. The molecule has 1 aromatic carbocycles. The Morgan fingerprint density at radius 1 is 1.40 bits per heavy atom. The van der Waals surface area contributed by atoms with Crippen LogP contribution >= 0.6 is 0 Å². The number of hydrogen-bond donors (Lipinski definition) is 1. The van der Waals surface area contributed by atoms with Gasteiger partial charge in [-0.15, -0.1) is 0 Å². The molecule has 1 atom stereocenters. The maximum absolute atomic E-state index is 11.4. The normalized spacial score (nSPS) is 20.1. The Bertz CT molecular complexity index is 364. The Morgan fingerprint density at radius 2 is 2.13 bits per heavy atom. The molecule has 78 valence electrons. The zero-order valence-electron chi connectivity index (χ0n) is 8.22. The van der Waals surface area contributed by atoms with E-state index in [-0.39, 0.29) is 18.6 Å². The number of carbonyl (C=O) groups is 2. The number of nitrogens with zero attached hydrogens (tertiary/aromatic N) is 1. The fourth-order valence-electron chi connectivity index (χ4n) is 1.71. The fraction of sp³-hybridized carbons (Fsp3) is 0.273. The van der Waals surface area contributed by atoms with Gasteiger partial charge in [-0.25, -0.2) is 4.79 Å². The second-order valence-electron chi connectivity index (χ2n) is 3.48. The minimum atomic E-state index is -0.170. The van der Waals surface area contributed by atoms with Crippen LogP contribution in [0.3, 0.4) is 0 Å². The second kappa shape index (κ2) is 4.13. The van der Waals surface area contributed by atoms with E-state index in [1.54, 1.807) is 0 Å². The Labute approximate surface area is 87.9 Å². The third kappa shape index (κ3) is 1.98. The molecule has 4 nitrogen and oxygen atoms in total. The van der Waals surface area contributed by atoms with Crippen molar-refractivity contribution in [2.24, 2.45) is 0 Å². The van der Waals surface area contributed by atoms with Gasteiger partial charge in [0, 0.05) is 6.54 Å². The Hall–Kier alpha value is -1.84. The largest absolute Gasteiger partial charge is 0.329 e. The van der Waals surface area contributed by atoms with Gasteiger partial charge in [-0.2, -0.15) is 0 Å². The van der Waals surface area contributed by atoms with Crippen LogP contribution in [0.15, 0.2) is 30.3 Å². The molecule has 1 saturated heterocycles. The van der Waals surface area contributed by atoms with Crippen molar-refractivity contribution in [3.8, 4) is 0 Å². The minimum Gasteiger partial charge on any atom is -0.329 e. The number of amides is 2. The summed E-state index contributed by atoms with van der Waals surface area (Å²) in [7, 11) is 0. The van der Waals surface area contributed by atoms with E-state index in [0.717, 1.165) is 11.8 Å². The summed E-state index contributed by atoms with van der Waals surface area (Å²) in [6.45, 7) is 0.719. The molecule has 0 bridgehead atoms. The van der Waals surface area contributed by atoms with E-state index in [0.29, 0.717) is 6.54 Å². The summed E-state index contributed by atoms with van der Waals surface area (Å²) in [6.07, 6.45) is 0.743. The van der Waals surface area contributed by atoms with Crippen molar-refractivity contribution in [3.05, 3.63) is 35.9 Å². The molecule has 1 aliphatic heterocycles. The van der Waals surface area contributed by atoms with Gasteiger partial charge in [0.05, 0.1) is 12.6 Å². The summed E-state index contributed by atoms with van der Waals surface area (Å²) in [6, 6.07) is 9.57. The van der Waals surface area contributed by atoms with Crippen LogP contribution in [0.25, 0.3) is 0 Å². The van der Waals surface area contributed by atoms with Gasteiger partial charge in [-0.3, -0.25) is 0 Å². The van der Waals surface area contributed by atoms with Crippen LogP contribution in [0.5, 0.6) is 0 Å². The average molecular weight is 204 g/mol. The van der Waals surface area contributed by atoms with Crippen molar-refractivity contribution in [2.45, 2.75) is 6.04 Å². The van der Waals surface area contributed by atoms with E-state index in [1.807, 2.05) is 30.3 Å². The highest BCUT2D eigenvalue weighted by Gasteiger charge is 2.28. The van der Waals surface area contributed by atoms with Crippen LogP contribution in [0.4, 0.5) is 4.79 Å². The summed E-state index contributed by atoms with van der Waals surface area (Å²) in [5.41, 5.74) is 1.07. The van der Waals surface area contributed by atoms with Crippen LogP contribution < -0.4 is 5.32 Å². The van der Waals surface area contributed by atoms with Gasteiger partial charge in [-0.1, -0.05) is 30.3 Å². The van der Waals surface area contributed by atoms with E-state index >= 15 is 0 Å². The lowest BCUT2D eigenvalue weighted by atomic mass is 10.1. The number of nitrogens with one attached hydrogen (secondary N) is 1. The number of urea groups is 1. The minimum absolute atomic E-state index is 0.00125. The highest BCUT2D eigenvalue weighted by Crippen LogP contribution is 2.19. The second-order valence-corrected chi connectivity index (χ2v) is 3.48. The molecule has 0 spiro atoms. The lowest BCUT2D eigenvalue weighted by molar-refractivity contribution is -0.108. The van der Waals surface area contributed by atoms with Gasteiger partial charge in [0.15, 0.2) is 0 Å². The van der Waals surface area contributed by atoms with E-state index in [2.05, 4.69) is 5.32 Å². The van der Waals surface area contributed by atoms with E-state index in [4.69, 9.17) is 0 Å². The van der Waals surface area contributed by atoms with E-state index < -0.39 is 0 Å². The lowest BCUT2D eigenvalue weighted by Gasteiger charge is -2.10. The Kier molecular flexibility index (Phi) is 2.67. The molecule has 0 aromatic heterocycles. The first-order valence-electron chi connectivity index (χ1n) is 4.85. The maximum Gasteiger partial charge on any atom is 0.318 e. The summed E-state index contributed by atoms with van der Waals surface area (Å²) in [5.74, 6) is 0. The van der Waals surface area contributed by atoms with Crippen molar-refractivity contribution in [3.63, 3.8) is 0 Å². The molecule has 1 aliphatic rings. The van der Waals surface area contributed by atoms with Gasteiger partial charge in [0.2, 0.25) is 0 Å². The van der Waals surface area contributed by atoms with Crippen molar-refractivity contribution in [1.29, 1.82) is 0 Å². The lowest BCUT2D eigenvalue weighted by Crippen LogP contribution is -2.29. The fourth-order valence-corrected chi connectivity index (χ4v) is 1.71. The summed E-state index contributed by atoms with van der Waals surface area (Å²) in [5, 5.41) is 2.83. The topological polar surface area (TPSA) is 49.4 Å². The molecule has 4 heteroatoms. The molecule has 1 heterocycles. The van der Waals surface area contributed by atoms with E-state index in [1.165, 1.54) is 4.90 Å². The first kappa shape index (κ1) is 9.71. The quantitative estimate of drug-likeness (QED) is 0.745. The van der Waals surface area contributed by atoms with Gasteiger partial charge in [-0.05, 0) is 5.56 Å². The van der Waals surface area contributed by atoms with Crippen molar-refractivity contribution < 1.29 is 9.59 Å². The van der Waals surface area contributed by atoms with Crippen LogP contribution in [-0.4, -0.2) is 30.3 Å². The molecule has 0 radical (unpaired) electrons. The van der Waals surface area contributed by atoms with Crippen LogP contribution in [-0.2, 0) is 4.79 Å². The maximum atomic E-state index is 11.4. The van der Waals surface area contributed by atoms with Crippen LogP contribution in [0.2, 0.25) is 0 Å². The highest BCUT2D eigenvalue weighted by atomic mass is 16.2. The molecule has 1 unspecified atom stereocenters. The number of carbonyl (C=O) groups excluding carboxylic acids is 2. The smallest absolute Gasteiger partial charge is 0.318 e. The molecular formula is C11H12N2O2. The van der Waals surface area contributed by atoms with Crippen molar-refractivity contribution in [2.75, 3.05) is 13.1 Å². The first-order valence-corrected chi connectivity index (χ1v) is 4.85. The predicted molar refractivity (Wildman–Crippen MR) is 55.4 cm³/mol. The SMILES string of the molecule is O=CCN1CC(c2ccccc2)NC1=O. The monoisotopic (exact) mass is 204 g/mol. The summed E-state index contributed by atoms with van der Waals surface area (Å²) >= 11 is 0. The highest BCUT2D eigenvalue weighted by molar-refractivity contribution is 5.79. The molecule has 2 amide bonds. The number of rotatable bonds is 3. The van der Waals surface area contributed by atoms with E-state index in [9.17, 15) is 9.59 Å². The van der Waals surface area contributed by atoms with Crippen molar-refractivity contribution in [1.82, 2.24) is 10.2 Å². The van der Waals surface area contributed by atoms with Gasteiger partial charge < -0.3 is 15.0 Å². The average Bonchev–Trinajstić information content (AvgIpc) is 2.63. The third-order valence-corrected chi connectivity index (χ3v) is 2.48. The Morgan fingerprint density at radius 3 is 2.80 bits per heavy atom. The van der Waals surface area contributed by atoms with Gasteiger partial charge in [0.1, 0.15) is 6.29 Å². The molecular weight excluding hydrogens is 192 g/mol. The Balaban J connectivity index is 2.09. The zero-order chi connectivity index (χ0) is 10.7. The standard InChI is InChI=1S/C11H12N2O2/c14-7-6-13-8-10(12-11(13)15)9-4-2-1-3-5-9/h1-5,7,10H,6,8H2,(H,12,15). The molecule has 2 rings (SSSR count). The first-order chi connectivity index (χ1) is 7.31. The van der Waals surface area contributed by atoms with Crippen LogP contribution in [0, 0.1) is 0 Å². The molecule has 1 aromatic rings. The van der Waals surface area contributed by atoms with Crippen molar-refractivity contribution >= 4 is 12.3 Å². The predicted octanol–water partition coefficient (Wildman–Crippen LogP) is 0.952. The number of hydrogen-bond acceptors (Lipinski definition) is 2. The molecule has 1 N–H and O–H groups in total. The van der Waals surface area contributed by atoms with Crippen LogP contribution in [0.1, 0.15) is 11.6 Å². The third-order valence-electron chi connectivity index (χ3n) is 2.48. The summed E-state index contributed by atoms with van der Waals surface area (Å²) < 4.78 is 0. The molecule has 1 fully saturated rings. The number of benzene rings is 1. The molecule has 0 saturated carbocycles. The molecule has 15 heavy (non-hydrogen) atoms. The summed E-state index contributed by atoms with van der Waals surface area (Å²) in [4.78, 5) is 23.2.